The van der Waals surface area contributed by atoms with Crippen LogP contribution >= 0.6 is 0 Å². The van der Waals surface area contributed by atoms with Crippen molar-refractivity contribution in [3.63, 3.8) is 0 Å². The Kier molecular flexibility index (Phi) is 5.06. The van der Waals surface area contributed by atoms with E-state index in [1.165, 1.54) is 0 Å². The molecule has 0 atom stereocenters. The molecule has 7 heteroatoms. The van der Waals surface area contributed by atoms with Gasteiger partial charge in [0.15, 0.2) is 5.82 Å². The lowest BCUT2D eigenvalue weighted by Gasteiger charge is -2.37. The van der Waals surface area contributed by atoms with Gasteiger partial charge in [0.2, 0.25) is 5.89 Å². The monoisotopic (exact) mass is 378 g/mol. The van der Waals surface area contributed by atoms with E-state index in [0.717, 1.165) is 16.9 Å². The Hall–Kier alpha value is -3.22. The van der Waals surface area contributed by atoms with Crippen LogP contribution in [0.1, 0.15) is 39.1 Å². The second kappa shape index (κ2) is 7.80. The summed E-state index contributed by atoms with van der Waals surface area (Å²) < 4.78 is 11.1. The zero-order valence-electron chi connectivity index (χ0n) is 16.0. The van der Waals surface area contributed by atoms with Crippen molar-refractivity contribution in [2.24, 2.45) is 0 Å². The molecule has 1 aliphatic rings. The standard InChI is InChI=1S/C21H22N4O3/c1-14-4-3-5-17(10-14)27-9-7-19-23-20(28-24-19)16-12-25(13-16)21(26)18-11-22-8-6-15(18)2/h3-6,8,10-11,16H,7,9,12-13H2,1-2H3. The van der Waals surface area contributed by atoms with Crippen molar-refractivity contribution in [3.05, 3.63) is 71.1 Å². The van der Waals surface area contributed by atoms with Gasteiger partial charge in [-0.25, -0.2) is 0 Å². The van der Waals surface area contributed by atoms with Crippen molar-refractivity contribution >= 4 is 5.91 Å². The molecule has 2 aromatic heterocycles. The zero-order chi connectivity index (χ0) is 19.5. The number of amides is 1. The van der Waals surface area contributed by atoms with Gasteiger partial charge in [-0.2, -0.15) is 4.98 Å². The first-order valence-corrected chi connectivity index (χ1v) is 9.32. The molecular formula is C21H22N4O3. The van der Waals surface area contributed by atoms with Crippen molar-refractivity contribution in [1.29, 1.82) is 0 Å². The normalized spacial score (nSPS) is 14.0. The van der Waals surface area contributed by atoms with Crippen molar-refractivity contribution in [1.82, 2.24) is 20.0 Å². The first kappa shape index (κ1) is 18.2. The van der Waals surface area contributed by atoms with E-state index in [0.29, 0.717) is 43.4 Å². The van der Waals surface area contributed by atoms with Gasteiger partial charge in [0.1, 0.15) is 5.75 Å². The van der Waals surface area contributed by atoms with E-state index in [2.05, 4.69) is 15.1 Å². The number of nitrogens with zero attached hydrogens (tertiary/aromatic N) is 4. The first-order valence-electron chi connectivity index (χ1n) is 9.32. The molecular weight excluding hydrogens is 356 g/mol. The van der Waals surface area contributed by atoms with E-state index in [1.807, 2.05) is 44.2 Å². The smallest absolute Gasteiger partial charge is 0.255 e. The van der Waals surface area contributed by atoms with Crippen LogP contribution in [-0.2, 0) is 6.42 Å². The Morgan fingerprint density at radius 3 is 2.93 bits per heavy atom. The van der Waals surface area contributed by atoms with Gasteiger partial charge in [0.05, 0.1) is 18.1 Å². The van der Waals surface area contributed by atoms with Gasteiger partial charge < -0.3 is 14.2 Å². The minimum Gasteiger partial charge on any atom is -0.493 e. The van der Waals surface area contributed by atoms with Crippen LogP contribution in [-0.4, -0.2) is 45.6 Å². The third-order valence-corrected chi connectivity index (χ3v) is 4.86. The molecule has 1 amide bonds. The van der Waals surface area contributed by atoms with Gasteiger partial charge in [0.25, 0.3) is 5.91 Å². The van der Waals surface area contributed by atoms with Crippen molar-refractivity contribution in [2.45, 2.75) is 26.2 Å². The average molecular weight is 378 g/mol. The Labute approximate surface area is 163 Å². The fourth-order valence-corrected chi connectivity index (χ4v) is 3.16. The Morgan fingerprint density at radius 2 is 2.14 bits per heavy atom. The maximum absolute atomic E-state index is 12.5. The van der Waals surface area contributed by atoms with Crippen LogP contribution in [0.5, 0.6) is 5.75 Å². The number of carbonyl (C=O) groups is 1. The second-order valence-corrected chi connectivity index (χ2v) is 7.06. The summed E-state index contributed by atoms with van der Waals surface area (Å²) in [5, 5.41) is 4.03. The molecule has 0 saturated carbocycles. The Morgan fingerprint density at radius 1 is 1.29 bits per heavy atom. The lowest BCUT2D eigenvalue weighted by atomic mass is 9.98. The number of pyridine rings is 1. The summed E-state index contributed by atoms with van der Waals surface area (Å²) in [7, 11) is 0. The summed E-state index contributed by atoms with van der Waals surface area (Å²) in [5.74, 6) is 2.11. The number of aryl methyl sites for hydroxylation is 2. The predicted octanol–water partition coefficient (Wildman–Crippen LogP) is 2.94. The molecule has 1 aromatic carbocycles. The highest BCUT2D eigenvalue weighted by atomic mass is 16.5. The van der Waals surface area contributed by atoms with Crippen LogP contribution < -0.4 is 4.74 Å². The molecule has 3 heterocycles. The molecule has 1 saturated heterocycles. The van der Waals surface area contributed by atoms with Crippen LogP contribution in [0.15, 0.2) is 47.2 Å². The van der Waals surface area contributed by atoms with E-state index in [9.17, 15) is 4.79 Å². The SMILES string of the molecule is Cc1cccc(OCCc2noc(C3CN(C(=O)c4cnccc4C)C3)n2)c1. The van der Waals surface area contributed by atoms with E-state index < -0.39 is 0 Å². The van der Waals surface area contributed by atoms with Crippen molar-refractivity contribution in [2.75, 3.05) is 19.7 Å². The van der Waals surface area contributed by atoms with E-state index >= 15 is 0 Å². The highest BCUT2D eigenvalue weighted by Crippen LogP contribution is 2.27. The van der Waals surface area contributed by atoms with Gasteiger partial charge in [-0.15, -0.1) is 0 Å². The molecule has 28 heavy (non-hydrogen) atoms. The summed E-state index contributed by atoms with van der Waals surface area (Å²) in [6.45, 7) is 5.58. The molecule has 144 valence electrons. The Bertz CT molecular complexity index is 979. The van der Waals surface area contributed by atoms with Crippen LogP contribution in [0.3, 0.4) is 0 Å². The third-order valence-electron chi connectivity index (χ3n) is 4.86. The van der Waals surface area contributed by atoms with E-state index in [-0.39, 0.29) is 11.8 Å². The lowest BCUT2D eigenvalue weighted by molar-refractivity contribution is 0.0568. The highest BCUT2D eigenvalue weighted by Gasteiger charge is 2.36. The van der Waals surface area contributed by atoms with Crippen molar-refractivity contribution in [3.8, 4) is 5.75 Å². The summed E-state index contributed by atoms with van der Waals surface area (Å²) in [4.78, 5) is 22.8. The number of benzene rings is 1. The fourth-order valence-electron chi connectivity index (χ4n) is 3.16. The van der Waals surface area contributed by atoms with Crippen LogP contribution in [0.25, 0.3) is 0 Å². The van der Waals surface area contributed by atoms with Gasteiger partial charge >= 0.3 is 0 Å². The number of hydrogen-bond acceptors (Lipinski definition) is 6. The number of likely N-dealkylation sites (tertiary alicyclic amines) is 1. The second-order valence-electron chi connectivity index (χ2n) is 7.06. The quantitative estimate of drug-likeness (QED) is 0.656. The van der Waals surface area contributed by atoms with E-state index in [1.54, 1.807) is 17.3 Å². The summed E-state index contributed by atoms with van der Waals surface area (Å²) in [6, 6.07) is 9.76. The zero-order valence-corrected chi connectivity index (χ0v) is 16.0. The van der Waals surface area contributed by atoms with Gasteiger partial charge in [0, 0.05) is 31.9 Å². The average Bonchev–Trinajstić information content (AvgIpc) is 3.09. The Balaban J connectivity index is 1.27. The third kappa shape index (κ3) is 3.88. The van der Waals surface area contributed by atoms with Gasteiger partial charge in [-0.3, -0.25) is 9.78 Å². The summed E-state index contributed by atoms with van der Waals surface area (Å²) >= 11 is 0. The molecule has 1 aliphatic heterocycles. The van der Waals surface area contributed by atoms with Crippen molar-refractivity contribution < 1.29 is 14.1 Å². The van der Waals surface area contributed by atoms with Crippen LogP contribution in [0.2, 0.25) is 0 Å². The van der Waals surface area contributed by atoms with E-state index in [4.69, 9.17) is 9.26 Å². The fraction of sp³-hybridized carbons (Fsp3) is 0.333. The molecule has 0 N–H and O–H groups in total. The van der Waals surface area contributed by atoms with Gasteiger partial charge in [-0.05, 0) is 43.2 Å². The van der Waals surface area contributed by atoms with Gasteiger partial charge in [-0.1, -0.05) is 17.3 Å². The summed E-state index contributed by atoms with van der Waals surface area (Å²) in [6.07, 6.45) is 3.87. The number of hydrogen-bond donors (Lipinski definition) is 0. The number of rotatable bonds is 6. The topological polar surface area (TPSA) is 81.4 Å². The largest absolute Gasteiger partial charge is 0.493 e. The first-order chi connectivity index (χ1) is 13.6. The number of carbonyl (C=O) groups excluding carboxylic acids is 1. The minimum atomic E-state index is -0.00635. The number of aromatic nitrogens is 3. The minimum absolute atomic E-state index is 0.00635. The summed E-state index contributed by atoms with van der Waals surface area (Å²) in [5.41, 5.74) is 2.72. The molecule has 0 aliphatic carbocycles. The molecule has 1 fully saturated rings. The van der Waals surface area contributed by atoms with Crippen LogP contribution in [0.4, 0.5) is 0 Å². The molecule has 0 radical (unpaired) electrons. The molecule has 7 nitrogen and oxygen atoms in total. The molecule has 0 bridgehead atoms. The maximum Gasteiger partial charge on any atom is 0.255 e. The molecule has 3 aromatic rings. The predicted molar refractivity (Wildman–Crippen MR) is 102 cm³/mol. The van der Waals surface area contributed by atoms with Crippen LogP contribution in [0, 0.1) is 13.8 Å². The highest BCUT2D eigenvalue weighted by molar-refractivity contribution is 5.95. The molecule has 0 spiro atoms. The molecule has 4 rings (SSSR count). The number of ether oxygens (including phenoxy) is 1. The lowest BCUT2D eigenvalue weighted by Crippen LogP contribution is -2.48. The maximum atomic E-state index is 12.5. The molecule has 0 unspecified atom stereocenters.